The second kappa shape index (κ2) is 5.60. The van der Waals surface area contributed by atoms with Gasteiger partial charge in [-0.05, 0) is 17.5 Å². The Kier molecular flexibility index (Phi) is 4.02. The van der Waals surface area contributed by atoms with Gasteiger partial charge in [-0.2, -0.15) is 0 Å². The highest BCUT2D eigenvalue weighted by Crippen LogP contribution is 2.23. The van der Waals surface area contributed by atoms with E-state index in [0.29, 0.717) is 5.69 Å². The Morgan fingerprint density at radius 3 is 2.52 bits per heavy atom. The summed E-state index contributed by atoms with van der Waals surface area (Å²) in [5, 5.41) is 12.8. The molecule has 0 saturated carbocycles. The van der Waals surface area contributed by atoms with Gasteiger partial charge in [-0.15, -0.1) is 0 Å². The maximum Gasteiger partial charge on any atom is 0.305 e. The maximum absolute atomic E-state index is 12.3. The van der Waals surface area contributed by atoms with Gasteiger partial charge in [0.05, 0.1) is 6.42 Å². The van der Waals surface area contributed by atoms with Gasteiger partial charge in [-0.1, -0.05) is 39.0 Å². The van der Waals surface area contributed by atoms with Crippen LogP contribution in [0.2, 0.25) is 0 Å². The number of fused-ring (bicyclic) bond motifs is 1. The number of H-pyrrole nitrogens is 1. The minimum absolute atomic E-state index is 0.102. The van der Waals surface area contributed by atoms with Crippen molar-refractivity contribution in [2.45, 2.75) is 33.2 Å². The van der Waals surface area contributed by atoms with E-state index < -0.39 is 12.0 Å². The number of aromatic amines is 1. The first kappa shape index (κ1) is 15.1. The summed E-state index contributed by atoms with van der Waals surface area (Å²) < 4.78 is 0. The molecule has 0 radical (unpaired) electrons. The molecule has 2 rings (SSSR count). The molecule has 1 atom stereocenters. The lowest BCUT2D eigenvalue weighted by atomic mass is 9.84. The summed E-state index contributed by atoms with van der Waals surface area (Å²) in [6, 6.07) is 8.94. The normalized spacial score (nSPS) is 13.1. The molecule has 1 amide bonds. The molecule has 0 aliphatic rings. The number of para-hydroxylation sites is 1. The van der Waals surface area contributed by atoms with E-state index in [9.17, 15) is 9.59 Å². The lowest BCUT2D eigenvalue weighted by Gasteiger charge is -2.30. The average Bonchev–Trinajstić information content (AvgIpc) is 2.80. The number of hydrogen-bond acceptors (Lipinski definition) is 2. The molecule has 3 N–H and O–H groups in total. The molecule has 0 aliphatic carbocycles. The van der Waals surface area contributed by atoms with Crippen molar-refractivity contribution in [1.29, 1.82) is 0 Å². The van der Waals surface area contributed by atoms with Gasteiger partial charge in [-0.25, -0.2) is 0 Å². The van der Waals surface area contributed by atoms with Crippen molar-refractivity contribution >= 4 is 22.8 Å². The zero-order valence-corrected chi connectivity index (χ0v) is 12.4. The fourth-order valence-electron chi connectivity index (χ4n) is 2.18. The Hall–Kier alpha value is -2.30. The fourth-order valence-corrected chi connectivity index (χ4v) is 2.18. The predicted molar refractivity (Wildman–Crippen MR) is 81.3 cm³/mol. The van der Waals surface area contributed by atoms with Gasteiger partial charge in [0.1, 0.15) is 5.69 Å². The highest BCUT2D eigenvalue weighted by atomic mass is 16.4. The standard InChI is InChI=1S/C16H20N2O3/c1-16(2,3)13(9-14(19)20)18-15(21)12-8-10-6-4-5-7-11(10)17-12/h4-8,13,17H,9H2,1-3H3,(H,18,21)(H,19,20). The third-order valence-electron chi connectivity index (χ3n) is 3.50. The molecule has 0 fully saturated rings. The second-order valence-electron chi connectivity index (χ2n) is 6.26. The smallest absolute Gasteiger partial charge is 0.305 e. The number of nitrogens with one attached hydrogen (secondary N) is 2. The van der Waals surface area contributed by atoms with Crippen molar-refractivity contribution < 1.29 is 14.7 Å². The van der Waals surface area contributed by atoms with Crippen LogP contribution in [-0.2, 0) is 4.79 Å². The van der Waals surface area contributed by atoms with E-state index in [4.69, 9.17) is 5.11 Å². The molecule has 0 aliphatic heterocycles. The van der Waals surface area contributed by atoms with Gasteiger partial charge >= 0.3 is 5.97 Å². The predicted octanol–water partition coefficient (Wildman–Crippen LogP) is 2.79. The first-order valence-electron chi connectivity index (χ1n) is 6.88. The first-order valence-corrected chi connectivity index (χ1v) is 6.88. The Balaban J connectivity index is 2.20. The summed E-state index contributed by atoms with van der Waals surface area (Å²) in [6.07, 6.45) is -0.102. The highest BCUT2D eigenvalue weighted by molar-refractivity contribution is 5.98. The van der Waals surface area contributed by atoms with Crippen LogP contribution in [0.4, 0.5) is 0 Å². The van der Waals surface area contributed by atoms with Gasteiger partial charge in [0, 0.05) is 16.9 Å². The number of carboxylic acid groups (broad SMARTS) is 1. The van der Waals surface area contributed by atoms with Crippen molar-refractivity contribution in [3.8, 4) is 0 Å². The molecule has 5 heteroatoms. The summed E-state index contributed by atoms with van der Waals surface area (Å²) in [4.78, 5) is 26.3. The Bertz CT molecular complexity index is 634. The van der Waals surface area contributed by atoms with Crippen molar-refractivity contribution in [1.82, 2.24) is 10.3 Å². The summed E-state index contributed by atoms with van der Waals surface area (Å²) in [5.41, 5.74) is 0.990. The molecule has 1 heterocycles. The average molecular weight is 288 g/mol. The lowest BCUT2D eigenvalue weighted by Crippen LogP contribution is -2.45. The molecular formula is C16H20N2O3. The highest BCUT2D eigenvalue weighted by Gasteiger charge is 2.29. The maximum atomic E-state index is 12.3. The molecule has 0 bridgehead atoms. The number of carbonyl (C=O) groups is 2. The topological polar surface area (TPSA) is 82.2 Å². The molecule has 2 aromatic rings. The van der Waals surface area contributed by atoms with Crippen molar-refractivity contribution in [3.63, 3.8) is 0 Å². The van der Waals surface area contributed by atoms with Crippen molar-refractivity contribution in [2.24, 2.45) is 5.41 Å². The van der Waals surface area contributed by atoms with E-state index in [1.54, 1.807) is 6.07 Å². The van der Waals surface area contributed by atoms with Crippen molar-refractivity contribution in [3.05, 3.63) is 36.0 Å². The van der Waals surface area contributed by atoms with E-state index in [0.717, 1.165) is 10.9 Å². The molecule has 1 aromatic heterocycles. The zero-order chi connectivity index (χ0) is 15.6. The molecule has 112 valence electrons. The zero-order valence-electron chi connectivity index (χ0n) is 12.4. The SMILES string of the molecule is CC(C)(C)C(CC(=O)O)NC(=O)c1cc2ccccc2[nH]1. The lowest BCUT2D eigenvalue weighted by molar-refractivity contribution is -0.138. The molecule has 21 heavy (non-hydrogen) atoms. The van der Waals surface area contributed by atoms with Crippen LogP contribution in [-0.4, -0.2) is 28.0 Å². The fraction of sp³-hybridized carbons (Fsp3) is 0.375. The summed E-state index contributed by atoms with van der Waals surface area (Å²) in [6.45, 7) is 5.73. The van der Waals surface area contributed by atoms with E-state index in [1.807, 2.05) is 45.0 Å². The third-order valence-corrected chi connectivity index (χ3v) is 3.50. The Labute approximate surface area is 123 Å². The molecule has 1 unspecified atom stereocenters. The Morgan fingerprint density at radius 1 is 1.29 bits per heavy atom. The van der Waals surface area contributed by atoms with Crippen molar-refractivity contribution in [2.75, 3.05) is 0 Å². The summed E-state index contributed by atoms with van der Waals surface area (Å²) >= 11 is 0. The van der Waals surface area contributed by atoms with Crippen LogP contribution in [0.25, 0.3) is 10.9 Å². The monoisotopic (exact) mass is 288 g/mol. The number of rotatable bonds is 4. The number of benzene rings is 1. The number of aliphatic carboxylic acids is 1. The third kappa shape index (κ3) is 3.62. The van der Waals surface area contributed by atoms with Crippen LogP contribution in [0.5, 0.6) is 0 Å². The molecule has 5 nitrogen and oxygen atoms in total. The van der Waals surface area contributed by atoms with Crippen LogP contribution in [0.1, 0.15) is 37.7 Å². The number of amides is 1. The van der Waals surface area contributed by atoms with Crippen LogP contribution < -0.4 is 5.32 Å². The molecule has 1 aromatic carbocycles. The number of carboxylic acids is 1. The number of hydrogen-bond donors (Lipinski definition) is 3. The minimum Gasteiger partial charge on any atom is -0.481 e. The number of aromatic nitrogens is 1. The first-order chi connectivity index (χ1) is 9.77. The van der Waals surface area contributed by atoms with Gasteiger partial charge in [0.15, 0.2) is 0 Å². The van der Waals surface area contributed by atoms with Crippen LogP contribution in [0.15, 0.2) is 30.3 Å². The van der Waals surface area contributed by atoms with E-state index in [2.05, 4.69) is 10.3 Å². The van der Waals surface area contributed by atoms with Gasteiger partial charge < -0.3 is 15.4 Å². The van der Waals surface area contributed by atoms with Gasteiger partial charge in [0.25, 0.3) is 5.91 Å². The van der Waals surface area contributed by atoms with Gasteiger partial charge in [0.2, 0.25) is 0 Å². The van der Waals surface area contributed by atoms with E-state index in [-0.39, 0.29) is 17.7 Å². The molecule has 0 spiro atoms. The quantitative estimate of drug-likeness (QED) is 0.809. The van der Waals surface area contributed by atoms with E-state index >= 15 is 0 Å². The van der Waals surface area contributed by atoms with E-state index in [1.165, 1.54) is 0 Å². The van der Waals surface area contributed by atoms with Crippen LogP contribution in [0, 0.1) is 5.41 Å². The molecular weight excluding hydrogens is 268 g/mol. The Morgan fingerprint density at radius 2 is 1.95 bits per heavy atom. The van der Waals surface area contributed by atoms with Crippen LogP contribution in [0.3, 0.4) is 0 Å². The summed E-state index contributed by atoms with van der Waals surface area (Å²) in [7, 11) is 0. The molecule has 0 saturated heterocycles. The minimum atomic E-state index is -0.924. The summed E-state index contributed by atoms with van der Waals surface area (Å²) in [5.74, 6) is -1.21. The van der Waals surface area contributed by atoms with Crippen LogP contribution >= 0.6 is 0 Å². The number of carbonyl (C=O) groups excluding carboxylic acids is 1. The second-order valence-corrected chi connectivity index (χ2v) is 6.26. The van der Waals surface area contributed by atoms with Gasteiger partial charge in [-0.3, -0.25) is 9.59 Å². The largest absolute Gasteiger partial charge is 0.481 e.